The molecule has 76 valence electrons. The van der Waals surface area contributed by atoms with Gasteiger partial charge in [-0.25, -0.2) is 0 Å². The standard InChI is InChI=1S/C8HCl2NO4/c9-3-4(10)6(13)2-1(5(3)12)7(14)11-8(2)15/h(H,11,14,15). The zero-order chi connectivity index (χ0) is 11.3. The molecule has 1 aliphatic heterocycles. The smallest absolute Gasteiger partial charge is 0.263 e. The van der Waals surface area contributed by atoms with Crippen molar-refractivity contribution in [2.24, 2.45) is 0 Å². The van der Waals surface area contributed by atoms with Gasteiger partial charge >= 0.3 is 0 Å². The van der Waals surface area contributed by atoms with Crippen LogP contribution in [0.2, 0.25) is 10.0 Å². The average molecular weight is 246 g/mol. The Morgan fingerprint density at radius 1 is 0.733 bits per heavy atom. The van der Waals surface area contributed by atoms with E-state index >= 15 is 0 Å². The van der Waals surface area contributed by atoms with Gasteiger partial charge in [-0.2, -0.15) is 0 Å². The van der Waals surface area contributed by atoms with Crippen LogP contribution in [0, 0.1) is 10.4 Å². The first-order chi connectivity index (χ1) is 6.95. The van der Waals surface area contributed by atoms with Crippen molar-refractivity contribution in [2.75, 3.05) is 0 Å². The predicted molar refractivity (Wildman–Crippen MR) is 53.6 cm³/mol. The van der Waals surface area contributed by atoms with E-state index in [1.165, 1.54) is 0 Å². The first-order valence-electron chi connectivity index (χ1n) is 3.69. The third-order valence-corrected chi connectivity index (χ3v) is 2.79. The van der Waals surface area contributed by atoms with Gasteiger partial charge in [0.1, 0.15) is 20.5 Å². The summed E-state index contributed by atoms with van der Waals surface area (Å²) in [6.45, 7) is 0. The van der Waals surface area contributed by atoms with Crippen molar-refractivity contribution < 1.29 is 0 Å². The van der Waals surface area contributed by atoms with Crippen LogP contribution in [-0.2, 0) is 0 Å². The molecule has 1 N–H and O–H groups in total. The van der Waals surface area contributed by atoms with Gasteiger partial charge in [0.15, 0.2) is 0 Å². The highest BCUT2D eigenvalue weighted by Gasteiger charge is 2.16. The summed E-state index contributed by atoms with van der Waals surface area (Å²) < 4.78 is 0. The number of aromatic amines is 1. The van der Waals surface area contributed by atoms with Crippen LogP contribution in [-0.4, -0.2) is 4.98 Å². The maximum Gasteiger partial charge on any atom is 0.263 e. The van der Waals surface area contributed by atoms with E-state index in [0.29, 0.717) is 0 Å². The van der Waals surface area contributed by atoms with Gasteiger partial charge in [0.25, 0.3) is 11.1 Å². The first-order valence-corrected chi connectivity index (χ1v) is 4.45. The van der Waals surface area contributed by atoms with Gasteiger partial charge in [-0.15, -0.1) is 0 Å². The Morgan fingerprint density at radius 2 is 1.07 bits per heavy atom. The first kappa shape index (κ1) is 10.1. The molecule has 15 heavy (non-hydrogen) atoms. The molecule has 0 amide bonds. The molecule has 0 aromatic carbocycles. The fraction of sp³-hybridized carbons (Fsp3) is 0. The van der Waals surface area contributed by atoms with E-state index in [1.54, 1.807) is 0 Å². The third kappa shape index (κ3) is 1.17. The predicted octanol–water partition coefficient (Wildman–Crippen LogP) is -0.637. The lowest BCUT2D eigenvalue weighted by molar-refractivity contribution is 1.22. The molecule has 0 aromatic heterocycles. The summed E-state index contributed by atoms with van der Waals surface area (Å²) in [4.78, 5) is 46.9. The highest BCUT2D eigenvalue weighted by molar-refractivity contribution is 6.41. The Bertz CT molecular complexity index is 746. The van der Waals surface area contributed by atoms with Gasteiger partial charge in [0.05, 0.1) is 0 Å². The van der Waals surface area contributed by atoms with Crippen molar-refractivity contribution in [1.82, 2.24) is 4.98 Å². The van der Waals surface area contributed by atoms with E-state index in [9.17, 15) is 19.2 Å². The minimum atomic E-state index is -0.921. The summed E-state index contributed by atoms with van der Waals surface area (Å²) in [6, 6.07) is 0. The summed E-state index contributed by atoms with van der Waals surface area (Å²) in [5.41, 5.74) is -3.65. The van der Waals surface area contributed by atoms with Crippen molar-refractivity contribution in [3.8, 4) is 0 Å². The zero-order valence-electron chi connectivity index (χ0n) is 6.89. The summed E-state index contributed by atoms with van der Waals surface area (Å²) in [5.74, 6) is 0. The normalized spacial score (nSPS) is 11.1. The molecule has 0 atom stereocenters. The number of H-pyrrole nitrogens is 1. The van der Waals surface area contributed by atoms with Gasteiger partial charge < -0.3 is 0 Å². The number of hydrogen-bond donors (Lipinski definition) is 1. The van der Waals surface area contributed by atoms with Crippen LogP contribution >= 0.6 is 23.2 Å². The molecule has 2 rings (SSSR count). The molecule has 0 bridgehead atoms. The molecule has 0 saturated heterocycles. The van der Waals surface area contributed by atoms with Gasteiger partial charge in [-0.3, -0.25) is 24.2 Å². The lowest BCUT2D eigenvalue weighted by Crippen LogP contribution is -2.20. The van der Waals surface area contributed by atoms with Crippen LogP contribution in [0.25, 0.3) is 0 Å². The van der Waals surface area contributed by atoms with Crippen molar-refractivity contribution in [3.05, 3.63) is 61.6 Å². The lowest BCUT2D eigenvalue weighted by atomic mass is 10.2. The quantitative estimate of drug-likeness (QED) is 0.670. The second-order valence-corrected chi connectivity index (χ2v) is 3.58. The van der Waals surface area contributed by atoms with E-state index in [1.807, 2.05) is 4.98 Å². The number of halogens is 2. The van der Waals surface area contributed by atoms with Crippen LogP contribution < -0.4 is 22.0 Å². The van der Waals surface area contributed by atoms with E-state index in [4.69, 9.17) is 23.2 Å². The van der Waals surface area contributed by atoms with E-state index in [0.717, 1.165) is 0 Å². The summed E-state index contributed by atoms with van der Waals surface area (Å²) in [5, 5.41) is -2.13. The Labute approximate surface area is 90.2 Å². The number of rotatable bonds is 0. The lowest BCUT2D eigenvalue weighted by Gasteiger charge is -1.88. The Morgan fingerprint density at radius 3 is 1.40 bits per heavy atom. The Hall–Kier alpha value is -1.46. The molecule has 0 aromatic rings. The second kappa shape index (κ2) is 3.01. The highest BCUT2D eigenvalue weighted by atomic mass is 35.5. The van der Waals surface area contributed by atoms with Crippen LogP contribution in [0.5, 0.6) is 0 Å². The maximum atomic E-state index is 11.4. The summed E-state index contributed by atoms with van der Waals surface area (Å²) in [7, 11) is 0. The van der Waals surface area contributed by atoms with Gasteiger partial charge in [0.2, 0.25) is 10.9 Å². The average Bonchev–Trinajstić information content (AvgIpc) is 2.47. The topological polar surface area (TPSA) is 84.1 Å². The third-order valence-electron chi connectivity index (χ3n) is 1.98. The minimum Gasteiger partial charge on any atom is -0.288 e. The Balaban J connectivity index is 3.54. The Kier molecular flexibility index (Phi) is 2.02. The molecule has 7 heteroatoms. The van der Waals surface area contributed by atoms with Crippen molar-refractivity contribution in [1.29, 1.82) is 0 Å². The fourth-order valence-corrected chi connectivity index (χ4v) is 1.67. The number of aromatic nitrogens is 1. The van der Waals surface area contributed by atoms with Crippen molar-refractivity contribution >= 4 is 23.2 Å². The summed E-state index contributed by atoms with van der Waals surface area (Å²) >= 11 is 10.9. The van der Waals surface area contributed by atoms with Crippen LogP contribution in [0.4, 0.5) is 0 Å². The van der Waals surface area contributed by atoms with Crippen LogP contribution in [0.3, 0.4) is 0 Å². The molecule has 2 aliphatic rings. The molecule has 5 nitrogen and oxygen atoms in total. The molecule has 0 unspecified atom stereocenters. The molecule has 0 spiro atoms. The zero-order valence-corrected chi connectivity index (χ0v) is 8.40. The molecular weight excluding hydrogens is 245 g/mol. The van der Waals surface area contributed by atoms with Crippen LogP contribution in [0.1, 0.15) is 0 Å². The fourth-order valence-electron chi connectivity index (χ4n) is 1.31. The molecule has 1 heterocycles. The maximum absolute atomic E-state index is 11.4. The molecule has 1 aliphatic carbocycles. The van der Waals surface area contributed by atoms with Gasteiger partial charge in [-0.1, -0.05) is 23.2 Å². The molecule has 0 saturated carbocycles. The monoisotopic (exact) mass is 245 g/mol. The van der Waals surface area contributed by atoms with Gasteiger partial charge in [0, 0.05) is 0 Å². The number of nitrogens with one attached hydrogen (secondary N) is 1. The van der Waals surface area contributed by atoms with Crippen molar-refractivity contribution in [3.63, 3.8) is 0 Å². The number of hydrogen-bond acceptors (Lipinski definition) is 4. The minimum absolute atomic E-state index is 0.528. The molecule has 0 fully saturated rings. The van der Waals surface area contributed by atoms with E-state index < -0.39 is 42.5 Å². The van der Waals surface area contributed by atoms with Gasteiger partial charge in [-0.05, 0) is 0 Å². The van der Waals surface area contributed by atoms with Crippen molar-refractivity contribution in [2.45, 2.75) is 0 Å². The largest absolute Gasteiger partial charge is 0.288 e. The SMILES string of the molecule is O=c1[nH]c(=O)c2c(=O)c(Cl)c(Cl)c(=O)c1=2. The molecular formula is C8HCl2NO4. The second-order valence-electron chi connectivity index (χ2n) is 2.82. The van der Waals surface area contributed by atoms with E-state index in [2.05, 4.69) is 0 Å². The van der Waals surface area contributed by atoms with E-state index in [-0.39, 0.29) is 0 Å². The summed E-state index contributed by atoms with van der Waals surface area (Å²) in [6.07, 6.45) is 0. The highest BCUT2D eigenvalue weighted by Crippen LogP contribution is 2.11. The van der Waals surface area contributed by atoms with Crippen LogP contribution in [0.15, 0.2) is 19.2 Å². The molecule has 0 radical (unpaired) electrons.